The Balaban J connectivity index is 1.96. The first-order valence-electron chi connectivity index (χ1n) is 6.88. The highest BCUT2D eigenvalue weighted by atomic mass is 16.1. The van der Waals surface area contributed by atoms with Crippen molar-refractivity contribution in [1.82, 2.24) is 15.1 Å². The number of hydrogen-bond donors (Lipinski definition) is 1. The molecule has 0 saturated heterocycles. The van der Waals surface area contributed by atoms with Gasteiger partial charge in [-0.1, -0.05) is 13.8 Å². The minimum absolute atomic E-state index is 0.169. The molecule has 0 aliphatic heterocycles. The van der Waals surface area contributed by atoms with Gasteiger partial charge >= 0.3 is 0 Å². The number of nitrogens with zero attached hydrogens (tertiary/aromatic N) is 2. The molecule has 1 heterocycles. The predicted octanol–water partition coefficient (Wildman–Crippen LogP) is 2.35. The maximum atomic E-state index is 11.9. The van der Waals surface area contributed by atoms with Crippen molar-refractivity contribution in [3.63, 3.8) is 0 Å². The average molecular weight is 249 g/mol. The topological polar surface area (TPSA) is 46.9 Å². The summed E-state index contributed by atoms with van der Waals surface area (Å²) in [4.78, 5) is 11.9. The molecule has 0 spiro atoms. The van der Waals surface area contributed by atoms with Crippen molar-refractivity contribution in [3.05, 3.63) is 17.5 Å². The zero-order valence-corrected chi connectivity index (χ0v) is 11.6. The Bertz CT molecular complexity index is 423. The van der Waals surface area contributed by atoms with Crippen LogP contribution in [0.4, 0.5) is 0 Å². The highest BCUT2D eigenvalue weighted by molar-refractivity contribution is 5.76. The number of fused-ring (bicyclic) bond motifs is 1. The Kier molecular flexibility index (Phi) is 4.04. The van der Waals surface area contributed by atoms with Crippen molar-refractivity contribution in [2.75, 3.05) is 0 Å². The van der Waals surface area contributed by atoms with E-state index in [1.165, 1.54) is 11.3 Å². The first kappa shape index (κ1) is 13.1. The van der Waals surface area contributed by atoms with E-state index in [0.717, 1.165) is 25.7 Å². The molecule has 18 heavy (non-hydrogen) atoms. The molecule has 1 amide bonds. The van der Waals surface area contributed by atoms with Crippen LogP contribution >= 0.6 is 0 Å². The predicted molar refractivity (Wildman–Crippen MR) is 71.1 cm³/mol. The molecule has 1 aliphatic rings. The standard InChI is InChI=1S/C14H23N3O/c1-10(2)7-8-14(18)16-12-5-4-6-13-11(12)9-15-17(13)3/h9-10,12H,4-8H2,1-3H3,(H,16,18). The summed E-state index contributed by atoms with van der Waals surface area (Å²) < 4.78 is 1.93. The molecular weight excluding hydrogens is 226 g/mol. The molecule has 0 radical (unpaired) electrons. The monoisotopic (exact) mass is 249 g/mol. The van der Waals surface area contributed by atoms with Gasteiger partial charge in [0.15, 0.2) is 0 Å². The number of hydrogen-bond acceptors (Lipinski definition) is 2. The van der Waals surface area contributed by atoms with Crippen LogP contribution in [0.2, 0.25) is 0 Å². The van der Waals surface area contributed by atoms with Crippen LogP contribution in [0.1, 0.15) is 56.8 Å². The first-order valence-corrected chi connectivity index (χ1v) is 6.88. The van der Waals surface area contributed by atoms with Gasteiger partial charge in [0.05, 0.1) is 12.2 Å². The lowest BCUT2D eigenvalue weighted by atomic mass is 9.93. The number of carbonyl (C=O) groups is 1. The Morgan fingerprint density at radius 2 is 2.39 bits per heavy atom. The van der Waals surface area contributed by atoms with E-state index in [0.29, 0.717) is 12.3 Å². The Labute approximate surface area is 109 Å². The zero-order chi connectivity index (χ0) is 13.1. The van der Waals surface area contributed by atoms with Crippen LogP contribution in [0.3, 0.4) is 0 Å². The van der Waals surface area contributed by atoms with Crippen LogP contribution in [-0.2, 0) is 18.3 Å². The molecule has 0 aromatic carbocycles. The second-order valence-corrected chi connectivity index (χ2v) is 5.62. The van der Waals surface area contributed by atoms with Gasteiger partial charge in [-0.3, -0.25) is 9.48 Å². The van der Waals surface area contributed by atoms with Crippen LogP contribution in [0.25, 0.3) is 0 Å². The molecule has 4 nitrogen and oxygen atoms in total. The number of aromatic nitrogens is 2. The maximum absolute atomic E-state index is 11.9. The van der Waals surface area contributed by atoms with Crippen molar-refractivity contribution in [3.8, 4) is 0 Å². The van der Waals surface area contributed by atoms with Gasteiger partial charge in [-0.25, -0.2) is 0 Å². The van der Waals surface area contributed by atoms with E-state index in [9.17, 15) is 4.79 Å². The fraction of sp³-hybridized carbons (Fsp3) is 0.714. The van der Waals surface area contributed by atoms with E-state index in [1.54, 1.807) is 0 Å². The van der Waals surface area contributed by atoms with E-state index in [-0.39, 0.29) is 11.9 Å². The molecule has 1 aliphatic carbocycles. The van der Waals surface area contributed by atoms with E-state index < -0.39 is 0 Å². The van der Waals surface area contributed by atoms with Gasteiger partial charge in [0.25, 0.3) is 0 Å². The molecular formula is C14H23N3O. The lowest BCUT2D eigenvalue weighted by Gasteiger charge is -2.24. The van der Waals surface area contributed by atoms with E-state index in [4.69, 9.17) is 0 Å². The lowest BCUT2D eigenvalue weighted by Crippen LogP contribution is -2.30. The summed E-state index contributed by atoms with van der Waals surface area (Å²) in [5, 5.41) is 7.45. The average Bonchev–Trinajstić information content (AvgIpc) is 2.70. The Morgan fingerprint density at radius 1 is 1.61 bits per heavy atom. The fourth-order valence-corrected chi connectivity index (χ4v) is 2.54. The maximum Gasteiger partial charge on any atom is 0.220 e. The van der Waals surface area contributed by atoms with E-state index >= 15 is 0 Å². The minimum Gasteiger partial charge on any atom is -0.349 e. The zero-order valence-electron chi connectivity index (χ0n) is 11.6. The molecule has 4 heteroatoms. The number of rotatable bonds is 4. The number of carbonyl (C=O) groups excluding carboxylic acids is 1. The summed E-state index contributed by atoms with van der Waals surface area (Å²) in [6, 6.07) is 0.169. The summed E-state index contributed by atoms with van der Waals surface area (Å²) in [6.07, 6.45) is 6.72. The fourth-order valence-electron chi connectivity index (χ4n) is 2.54. The highest BCUT2D eigenvalue weighted by Gasteiger charge is 2.24. The Hall–Kier alpha value is -1.32. The largest absolute Gasteiger partial charge is 0.349 e. The molecule has 2 rings (SSSR count). The van der Waals surface area contributed by atoms with Crippen LogP contribution in [0, 0.1) is 5.92 Å². The molecule has 0 bridgehead atoms. The summed E-state index contributed by atoms with van der Waals surface area (Å²) in [7, 11) is 1.97. The molecule has 1 aromatic rings. The smallest absolute Gasteiger partial charge is 0.220 e. The third-order valence-electron chi connectivity index (χ3n) is 3.66. The third kappa shape index (κ3) is 2.92. The quantitative estimate of drug-likeness (QED) is 0.890. The summed E-state index contributed by atoms with van der Waals surface area (Å²) in [5.41, 5.74) is 2.48. The number of nitrogens with one attached hydrogen (secondary N) is 1. The van der Waals surface area contributed by atoms with Gasteiger partial charge in [-0.15, -0.1) is 0 Å². The highest BCUT2D eigenvalue weighted by Crippen LogP contribution is 2.29. The summed E-state index contributed by atoms with van der Waals surface area (Å²) >= 11 is 0. The molecule has 1 atom stereocenters. The summed E-state index contributed by atoms with van der Waals surface area (Å²) in [6.45, 7) is 4.29. The van der Waals surface area contributed by atoms with Crippen molar-refractivity contribution in [2.45, 2.75) is 52.0 Å². The van der Waals surface area contributed by atoms with E-state index in [1.807, 2.05) is 17.9 Å². The second kappa shape index (κ2) is 5.55. The second-order valence-electron chi connectivity index (χ2n) is 5.62. The number of amides is 1. The Morgan fingerprint density at radius 3 is 3.11 bits per heavy atom. The van der Waals surface area contributed by atoms with Crippen molar-refractivity contribution < 1.29 is 4.79 Å². The van der Waals surface area contributed by atoms with Crippen LogP contribution in [0.15, 0.2) is 6.20 Å². The van der Waals surface area contributed by atoms with Crippen LogP contribution in [-0.4, -0.2) is 15.7 Å². The molecule has 100 valence electrons. The van der Waals surface area contributed by atoms with Gasteiger partial charge in [0.2, 0.25) is 5.91 Å². The molecule has 1 aromatic heterocycles. The minimum atomic E-state index is 0.169. The van der Waals surface area contributed by atoms with Crippen LogP contribution < -0.4 is 5.32 Å². The van der Waals surface area contributed by atoms with Gasteiger partial charge in [-0.2, -0.15) is 5.10 Å². The van der Waals surface area contributed by atoms with Crippen molar-refractivity contribution in [1.29, 1.82) is 0 Å². The molecule has 0 fully saturated rings. The van der Waals surface area contributed by atoms with E-state index in [2.05, 4.69) is 24.3 Å². The van der Waals surface area contributed by atoms with Crippen molar-refractivity contribution in [2.24, 2.45) is 13.0 Å². The first-order chi connectivity index (χ1) is 8.58. The molecule has 1 N–H and O–H groups in total. The third-order valence-corrected chi connectivity index (χ3v) is 3.66. The van der Waals surface area contributed by atoms with Gasteiger partial charge < -0.3 is 5.32 Å². The normalized spacial score (nSPS) is 18.8. The van der Waals surface area contributed by atoms with Gasteiger partial charge in [0.1, 0.15) is 0 Å². The lowest BCUT2D eigenvalue weighted by molar-refractivity contribution is -0.122. The van der Waals surface area contributed by atoms with Gasteiger partial charge in [-0.05, 0) is 31.6 Å². The van der Waals surface area contributed by atoms with Crippen molar-refractivity contribution >= 4 is 5.91 Å². The summed E-state index contributed by atoms with van der Waals surface area (Å²) in [5.74, 6) is 0.751. The molecule has 1 unspecified atom stereocenters. The van der Waals surface area contributed by atoms with Crippen LogP contribution in [0.5, 0.6) is 0 Å². The SMILES string of the molecule is CC(C)CCC(=O)NC1CCCc2c1cnn2C. The molecule has 0 saturated carbocycles. The van der Waals surface area contributed by atoms with Gasteiger partial charge in [0, 0.05) is 24.7 Å². The number of aryl methyl sites for hydroxylation is 1.